The number of carbonyl (C=O) groups is 1. The van der Waals surface area contributed by atoms with Gasteiger partial charge < -0.3 is 5.11 Å². The summed E-state index contributed by atoms with van der Waals surface area (Å²) in [5, 5.41) is 17.9. The Morgan fingerprint density at radius 3 is 2.60 bits per heavy atom. The number of hydrogen-bond donors (Lipinski definition) is 1. The molecule has 5 heteroatoms. The average molecular weight is 223 g/mol. The second-order valence-corrected chi connectivity index (χ2v) is 3.41. The number of aliphatic carboxylic acids is 1. The van der Waals surface area contributed by atoms with E-state index in [4.69, 9.17) is 16.7 Å². The van der Waals surface area contributed by atoms with Crippen molar-refractivity contribution in [1.82, 2.24) is 10.2 Å². The highest BCUT2D eigenvalue weighted by Gasteiger charge is 2.09. The van der Waals surface area contributed by atoms with Crippen LogP contribution in [0.15, 0.2) is 24.3 Å². The Balaban J connectivity index is 2.66. The third kappa shape index (κ3) is 1.89. The van der Waals surface area contributed by atoms with Gasteiger partial charge in [-0.25, -0.2) is 0 Å². The Hall–Kier alpha value is -1.68. The molecule has 0 unspecified atom stereocenters. The molecule has 0 aliphatic heterocycles. The minimum absolute atomic E-state index is 0.148. The first-order chi connectivity index (χ1) is 7.18. The number of fused-ring (bicyclic) bond motifs is 1. The van der Waals surface area contributed by atoms with Crippen molar-refractivity contribution >= 4 is 28.3 Å². The van der Waals surface area contributed by atoms with Crippen LogP contribution in [0.5, 0.6) is 0 Å². The fraction of sp³-hybridized carbons (Fsp3) is 0.100. The number of aromatic nitrogens is 2. The molecular weight excluding hydrogens is 216 g/mol. The lowest BCUT2D eigenvalue weighted by Gasteiger charge is -2.03. The van der Waals surface area contributed by atoms with Crippen LogP contribution >= 0.6 is 11.6 Å². The van der Waals surface area contributed by atoms with Gasteiger partial charge in [-0.1, -0.05) is 35.9 Å². The molecule has 0 radical (unpaired) electrons. The Labute approximate surface area is 90.5 Å². The molecule has 0 spiro atoms. The standard InChI is InChI=1S/C10H7ClN2O2/c11-10-7-4-2-1-3-6(7)8(12-13-10)5-9(14)15/h1-4H,5H2,(H,14,15). The van der Waals surface area contributed by atoms with Gasteiger partial charge in [0.2, 0.25) is 0 Å². The van der Waals surface area contributed by atoms with Crippen molar-refractivity contribution in [2.75, 3.05) is 0 Å². The number of carboxylic acids is 1. The molecule has 1 N–H and O–H groups in total. The van der Waals surface area contributed by atoms with Gasteiger partial charge >= 0.3 is 5.97 Å². The average Bonchev–Trinajstić information content (AvgIpc) is 2.22. The zero-order chi connectivity index (χ0) is 10.8. The number of carboxylic acid groups (broad SMARTS) is 1. The molecule has 2 aromatic rings. The summed E-state index contributed by atoms with van der Waals surface area (Å²) in [7, 11) is 0. The summed E-state index contributed by atoms with van der Waals surface area (Å²) < 4.78 is 0. The van der Waals surface area contributed by atoms with Crippen molar-refractivity contribution in [3.63, 3.8) is 0 Å². The fourth-order valence-corrected chi connectivity index (χ4v) is 1.60. The van der Waals surface area contributed by atoms with Crippen LogP contribution in [0.4, 0.5) is 0 Å². The van der Waals surface area contributed by atoms with Crippen LogP contribution in [0.25, 0.3) is 10.8 Å². The summed E-state index contributed by atoms with van der Waals surface area (Å²) in [6.07, 6.45) is -0.148. The predicted octanol–water partition coefficient (Wildman–Crippen LogP) is 1.91. The predicted molar refractivity (Wildman–Crippen MR) is 55.9 cm³/mol. The van der Waals surface area contributed by atoms with Crippen molar-refractivity contribution in [3.8, 4) is 0 Å². The van der Waals surface area contributed by atoms with E-state index in [1.165, 1.54) is 0 Å². The highest BCUT2D eigenvalue weighted by atomic mass is 35.5. The molecule has 0 amide bonds. The van der Waals surface area contributed by atoms with E-state index < -0.39 is 5.97 Å². The van der Waals surface area contributed by atoms with Gasteiger partial charge in [0.25, 0.3) is 0 Å². The monoisotopic (exact) mass is 222 g/mol. The largest absolute Gasteiger partial charge is 0.481 e. The molecule has 1 aromatic carbocycles. The first kappa shape index (κ1) is 9.86. The van der Waals surface area contributed by atoms with E-state index in [0.29, 0.717) is 10.8 Å². The fourth-order valence-electron chi connectivity index (χ4n) is 1.40. The van der Waals surface area contributed by atoms with Crippen LogP contribution in [0.2, 0.25) is 5.15 Å². The summed E-state index contributed by atoms with van der Waals surface area (Å²) >= 11 is 5.84. The maximum Gasteiger partial charge on any atom is 0.309 e. The molecule has 76 valence electrons. The van der Waals surface area contributed by atoms with Gasteiger partial charge in [0, 0.05) is 10.8 Å². The summed E-state index contributed by atoms with van der Waals surface area (Å²) in [5.41, 5.74) is 0.433. The maximum atomic E-state index is 10.6. The topological polar surface area (TPSA) is 63.1 Å². The molecule has 0 bridgehead atoms. The van der Waals surface area contributed by atoms with Crippen molar-refractivity contribution in [2.45, 2.75) is 6.42 Å². The second kappa shape index (κ2) is 3.82. The quantitative estimate of drug-likeness (QED) is 0.843. The number of benzene rings is 1. The van der Waals surface area contributed by atoms with E-state index in [-0.39, 0.29) is 6.42 Å². The van der Waals surface area contributed by atoms with E-state index in [9.17, 15) is 4.79 Å². The van der Waals surface area contributed by atoms with E-state index >= 15 is 0 Å². The third-order valence-electron chi connectivity index (χ3n) is 2.04. The van der Waals surface area contributed by atoms with E-state index in [2.05, 4.69) is 10.2 Å². The van der Waals surface area contributed by atoms with Gasteiger partial charge in [-0.3, -0.25) is 4.79 Å². The molecule has 0 aliphatic carbocycles. The molecule has 0 fully saturated rings. The van der Waals surface area contributed by atoms with Gasteiger partial charge in [-0.15, -0.1) is 5.10 Å². The van der Waals surface area contributed by atoms with E-state index in [0.717, 1.165) is 10.8 Å². The van der Waals surface area contributed by atoms with Gasteiger partial charge in [-0.2, -0.15) is 5.10 Å². The minimum atomic E-state index is -0.934. The van der Waals surface area contributed by atoms with E-state index in [1.54, 1.807) is 12.1 Å². The molecular formula is C10H7ClN2O2. The van der Waals surface area contributed by atoms with Crippen molar-refractivity contribution in [3.05, 3.63) is 35.1 Å². The summed E-state index contributed by atoms with van der Waals surface area (Å²) in [6.45, 7) is 0. The molecule has 0 saturated carbocycles. The summed E-state index contributed by atoms with van der Waals surface area (Å²) in [5.74, 6) is -0.934. The third-order valence-corrected chi connectivity index (χ3v) is 2.32. The molecule has 2 rings (SSSR count). The molecule has 0 aliphatic rings. The Morgan fingerprint density at radius 1 is 1.27 bits per heavy atom. The van der Waals surface area contributed by atoms with Crippen molar-refractivity contribution < 1.29 is 9.90 Å². The lowest BCUT2D eigenvalue weighted by molar-refractivity contribution is -0.136. The normalized spacial score (nSPS) is 10.5. The summed E-state index contributed by atoms with van der Waals surface area (Å²) in [4.78, 5) is 10.6. The van der Waals surface area contributed by atoms with Crippen LogP contribution in [-0.2, 0) is 11.2 Å². The maximum absolute atomic E-state index is 10.6. The zero-order valence-corrected chi connectivity index (χ0v) is 8.40. The number of hydrogen-bond acceptors (Lipinski definition) is 3. The van der Waals surface area contributed by atoms with Crippen LogP contribution in [0.3, 0.4) is 0 Å². The Bertz CT molecular complexity index is 528. The Kier molecular flexibility index (Phi) is 2.51. The Morgan fingerprint density at radius 2 is 1.93 bits per heavy atom. The van der Waals surface area contributed by atoms with Crippen molar-refractivity contribution in [1.29, 1.82) is 0 Å². The van der Waals surface area contributed by atoms with Gasteiger partial charge in [0.15, 0.2) is 5.15 Å². The molecule has 0 saturated heterocycles. The van der Waals surface area contributed by atoms with Crippen LogP contribution in [0, 0.1) is 0 Å². The lowest BCUT2D eigenvalue weighted by atomic mass is 10.1. The lowest BCUT2D eigenvalue weighted by Crippen LogP contribution is -2.04. The zero-order valence-electron chi connectivity index (χ0n) is 7.64. The molecule has 4 nitrogen and oxygen atoms in total. The van der Waals surface area contributed by atoms with Crippen LogP contribution in [0.1, 0.15) is 5.69 Å². The highest BCUT2D eigenvalue weighted by molar-refractivity contribution is 6.34. The van der Waals surface area contributed by atoms with Gasteiger partial charge in [-0.05, 0) is 0 Å². The highest BCUT2D eigenvalue weighted by Crippen LogP contribution is 2.22. The van der Waals surface area contributed by atoms with Gasteiger partial charge in [0.1, 0.15) is 0 Å². The molecule has 1 aromatic heterocycles. The first-order valence-corrected chi connectivity index (χ1v) is 4.68. The van der Waals surface area contributed by atoms with Crippen molar-refractivity contribution in [2.24, 2.45) is 0 Å². The minimum Gasteiger partial charge on any atom is -0.481 e. The first-order valence-electron chi connectivity index (χ1n) is 4.30. The SMILES string of the molecule is O=C(O)Cc1nnc(Cl)c2ccccc12. The molecule has 1 heterocycles. The van der Waals surface area contributed by atoms with Crippen LogP contribution < -0.4 is 0 Å². The van der Waals surface area contributed by atoms with Crippen LogP contribution in [-0.4, -0.2) is 21.3 Å². The van der Waals surface area contributed by atoms with Gasteiger partial charge in [0.05, 0.1) is 12.1 Å². The summed E-state index contributed by atoms with van der Waals surface area (Å²) in [6, 6.07) is 7.21. The molecule has 0 atom stereocenters. The second-order valence-electron chi connectivity index (χ2n) is 3.05. The smallest absolute Gasteiger partial charge is 0.309 e. The molecule has 15 heavy (non-hydrogen) atoms. The number of halogens is 1. The van der Waals surface area contributed by atoms with E-state index in [1.807, 2.05) is 12.1 Å². The number of rotatable bonds is 2. The number of nitrogens with zero attached hydrogens (tertiary/aromatic N) is 2.